The van der Waals surface area contributed by atoms with Crippen molar-refractivity contribution in [2.24, 2.45) is 0 Å². The highest BCUT2D eigenvalue weighted by Gasteiger charge is 2.08. The molecule has 0 fully saturated rings. The lowest BCUT2D eigenvalue weighted by molar-refractivity contribution is -0.118. The number of rotatable bonds is 5. The number of aromatic nitrogens is 1. The van der Waals surface area contributed by atoms with E-state index in [9.17, 15) is 14.0 Å². The topological polar surface area (TPSA) is 88.5 Å². The van der Waals surface area contributed by atoms with Crippen LogP contribution in [0.4, 0.5) is 10.1 Å². The normalized spacial score (nSPS) is 9.95. The molecule has 7 heteroatoms. The van der Waals surface area contributed by atoms with Crippen LogP contribution >= 0.6 is 0 Å². The molecule has 0 aliphatic heterocycles. The minimum atomic E-state index is -1.19. The number of pyridine rings is 1. The van der Waals surface area contributed by atoms with Crippen molar-refractivity contribution in [2.75, 3.05) is 11.9 Å². The number of carboxylic acids is 1. The van der Waals surface area contributed by atoms with Crippen LogP contribution in [0.1, 0.15) is 10.5 Å². The Labute approximate surface area is 119 Å². The summed E-state index contributed by atoms with van der Waals surface area (Å²) in [5, 5.41) is 11.2. The number of hydrogen-bond acceptors (Lipinski definition) is 4. The molecular weight excluding hydrogens is 279 g/mol. The largest absolute Gasteiger partial charge is 0.484 e. The van der Waals surface area contributed by atoms with Gasteiger partial charge < -0.3 is 15.2 Å². The Morgan fingerprint density at radius 3 is 2.81 bits per heavy atom. The molecule has 6 nitrogen and oxygen atoms in total. The lowest BCUT2D eigenvalue weighted by Gasteiger charge is -2.07. The van der Waals surface area contributed by atoms with E-state index in [4.69, 9.17) is 9.84 Å². The molecule has 0 radical (unpaired) electrons. The number of anilines is 1. The van der Waals surface area contributed by atoms with Gasteiger partial charge in [0.25, 0.3) is 5.91 Å². The van der Waals surface area contributed by atoms with Gasteiger partial charge in [0.15, 0.2) is 6.61 Å². The number of amides is 1. The van der Waals surface area contributed by atoms with Crippen molar-refractivity contribution in [1.29, 1.82) is 0 Å². The molecule has 108 valence electrons. The second kappa shape index (κ2) is 6.47. The Morgan fingerprint density at radius 1 is 1.29 bits per heavy atom. The molecule has 0 atom stereocenters. The van der Waals surface area contributed by atoms with Crippen LogP contribution in [0.25, 0.3) is 0 Å². The van der Waals surface area contributed by atoms with Crippen molar-refractivity contribution in [3.05, 3.63) is 54.1 Å². The number of halogens is 1. The van der Waals surface area contributed by atoms with Crippen LogP contribution in [-0.2, 0) is 4.79 Å². The van der Waals surface area contributed by atoms with Gasteiger partial charge in [-0.25, -0.2) is 14.2 Å². The zero-order chi connectivity index (χ0) is 15.2. The van der Waals surface area contributed by atoms with Crippen molar-refractivity contribution in [2.45, 2.75) is 0 Å². The minimum Gasteiger partial charge on any atom is -0.484 e. The molecule has 1 aromatic carbocycles. The molecule has 0 bridgehead atoms. The first kappa shape index (κ1) is 14.4. The first-order valence-electron chi connectivity index (χ1n) is 5.92. The molecule has 0 aliphatic rings. The van der Waals surface area contributed by atoms with Gasteiger partial charge in [0.1, 0.15) is 17.3 Å². The zero-order valence-electron chi connectivity index (χ0n) is 10.7. The molecule has 21 heavy (non-hydrogen) atoms. The van der Waals surface area contributed by atoms with E-state index >= 15 is 0 Å². The smallest absolute Gasteiger partial charge is 0.354 e. The van der Waals surface area contributed by atoms with Crippen LogP contribution in [0, 0.1) is 5.82 Å². The molecule has 2 N–H and O–H groups in total. The Bertz CT molecular complexity index is 676. The number of benzene rings is 1. The van der Waals surface area contributed by atoms with Crippen LogP contribution in [0.5, 0.6) is 5.75 Å². The predicted octanol–water partition coefficient (Wildman–Crippen LogP) is 1.94. The summed E-state index contributed by atoms with van der Waals surface area (Å²) in [6.07, 6.45) is 1.27. The van der Waals surface area contributed by atoms with Gasteiger partial charge >= 0.3 is 5.97 Å². The van der Waals surface area contributed by atoms with Gasteiger partial charge in [0.05, 0.1) is 0 Å². The number of nitrogens with one attached hydrogen (secondary N) is 1. The maximum atomic E-state index is 12.9. The third-order valence-electron chi connectivity index (χ3n) is 2.43. The molecule has 0 saturated carbocycles. The fourth-order valence-corrected chi connectivity index (χ4v) is 1.53. The highest BCUT2D eigenvalue weighted by Crippen LogP contribution is 2.12. The van der Waals surface area contributed by atoms with Gasteiger partial charge in [-0.2, -0.15) is 0 Å². The van der Waals surface area contributed by atoms with Gasteiger partial charge in [-0.1, -0.05) is 6.07 Å². The van der Waals surface area contributed by atoms with E-state index in [0.29, 0.717) is 0 Å². The number of carbonyl (C=O) groups excluding carboxylic acids is 1. The third kappa shape index (κ3) is 4.27. The van der Waals surface area contributed by atoms with Crippen LogP contribution in [0.2, 0.25) is 0 Å². The summed E-state index contributed by atoms with van der Waals surface area (Å²) in [4.78, 5) is 26.0. The van der Waals surface area contributed by atoms with Crippen LogP contribution in [-0.4, -0.2) is 28.6 Å². The molecule has 2 aromatic rings. The van der Waals surface area contributed by atoms with Crippen molar-refractivity contribution in [3.8, 4) is 5.75 Å². The maximum Gasteiger partial charge on any atom is 0.354 e. The molecular formula is C14H11FN2O4. The number of hydrogen-bond donors (Lipinski definition) is 2. The van der Waals surface area contributed by atoms with Crippen molar-refractivity contribution >= 4 is 17.6 Å². The average molecular weight is 290 g/mol. The van der Waals surface area contributed by atoms with Gasteiger partial charge in [-0.15, -0.1) is 0 Å². The molecule has 1 heterocycles. The number of carbonyl (C=O) groups is 2. The zero-order valence-corrected chi connectivity index (χ0v) is 10.7. The quantitative estimate of drug-likeness (QED) is 0.878. The van der Waals surface area contributed by atoms with Crippen molar-refractivity contribution < 1.29 is 23.8 Å². The predicted molar refractivity (Wildman–Crippen MR) is 71.7 cm³/mol. The lowest BCUT2D eigenvalue weighted by Crippen LogP contribution is -2.20. The van der Waals surface area contributed by atoms with Gasteiger partial charge in [0, 0.05) is 18.0 Å². The van der Waals surface area contributed by atoms with Crippen molar-refractivity contribution in [1.82, 2.24) is 4.98 Å². The highest BCUT2D eigenvalue weighted by molar-refractivity contribution is 5.93. The molecule has 0 saturated heterocycles. The Morgan fingerprint density at radius 2 is 2.10 bits per heavy atom. The number of carboxylic acid groups (broad SMARTS) is 1. The molecule has 0 spiro atoms. The standard InChI is InChI=1S/C14H11FN2O4/c15-9-2-1-3-11(6-9)21-8-13(18)17-10-4-5-16-12(7-10)14(19)20/h1-7H,8H2,(H,19,20)(H,16,17,18). The van der Waals surface area contributed by atoms with Crippen molar-refractivity contribution in [3.63, 3.8) is 0 Å². The SMILES string of the molecule is O=C(COc1cccc(F)c1)Nc1ccnc(C(=O)O)c1. The first-order chi connectivity index (χ1) is 10.0. The third-order valence-corrected chi connectivity index (χ3v) is 2.43. The Balaban J connectivity index is 1.93. The summed E-state index contributed by atoms with van der Waals surface area (Å²) in [5.74, 6) is -1.93. The first-order valence-corrected chi connectivity index (χ1v) is 5.92. The van der Waals surface area contributed by atoms with E-state index in [1.54, 1.807) is 0 Å². The molecule has 0 unspecified atom stereocenters. The monoisotopic (exact) mass is 290 g/mol. The van der Waals surface area contributed by atoms with Crippen LogP contribution in [0.15, 0.2) is 42.6 Å². The van der Waals surface area contributed by atoms with E-state index in [2.05, 4.69) is 10.3 Å². The summed E-state index contributed by atoms with van der Waals surface area (Å²) < 4.78 is 18.0. The molecule has 2 rings (SSSR count). The second-order valence-corrected chi connectivity index (χ2v) is 4.03. The summed E-state index contributed by atoms with van der Waals surface area (Å²) in [6, 6.07) is 8.07. The second-order valence-electron chi connectivity index (χ2n) is 4.03. The fraction of sp³-hybridized carbons (Fsp3) is 0.0714. The molecule has 1 amide bonds. The summed E-state index contributed by atoms with van der Waals surface area (Å²) in [5.41, 5.74) is 0.106. The van der Waals surface area contributed by atoms with Gasteiger partial charge in [-0.05, 0) is 24.3 Å². The number of nitrogens with zero attached hydrogens (tertiary/aromatic N) is 1. The number of aromatic carboxylic acids is 1. The highest BCUT2D eigenvalue weighted by atomic mass is 19.1. The van der Waals surface area contributed by atoms with E-state index in [-0.39, 0.29) is 23.7 Å². The van der Waals surface area contributed by atoms with E-state index < -0.39 is 17.7 Å². The minimum absolute atomic E-state index is 0.182. The summed E-state index contributed by atoms with van der Waals surface area (Å²) in [6.45, 7) is -0.325. The van der Waals surface area contributed by atoms with Gasteiger partial charge in [-0.3, -0.25) is 4.79 Å². The fourth-order valence-electron chi connectivity index (χ4n) is 1.53. The summed E-state index contributed by atoms with van der Waals surface area (Å²) in [7, 11) is 0. The summed E-state index contributed by atoms with van der Waals surface area (Å²) >= 11 is 0. The molecule has 1 aromatic heterocycles. The Hall–Kier alpha value is -2.96. The van der Waals surface area contributed by atoms with Gasteiger partial charge in [0.2, 0.25) is 0 Å². The molecule has 0 aliphatic carbocycles. The van der Waals surface area contributed by atoms with E-state index in [0.717, 1.165) is 6.07 Å². The average Bonchev–Trinajstić information content (AvgIpc) is 2.45. The Kier molecular flexibility index (Phi) is 4.45. The number of ether oxygens (including phenoxy) is 1. The van der Waals surface area contributed by atoms with Crippen LogP contribution in [0.3, 0.4) is 0 Å². The maximum absolute atomic E-state index is 12.9. The van der Waals surface area contributed by atoms with E-state index in [1.807, 2.05) is 0 Å². The van der Waals surface area contributed by atoms with E-state index in [1.165, 1.54) is 36.5 Å². The van der Waals surface area contributed by atoms with Crippen LogP contribution < -0.4 is 10.1 Å². The lowest BCUT2D eigenvalue weighted by atomic mass is 10.3.